The van der Waals surface area contributed by atoms with Crippen molar-refractivity contribution in [1.29, 1.82) is 0 Å². The van der Waals surface area contributed by atoms with E-state index in [-0.39, 0.29) is 0 Å². The van der Waals surface area contributed by atoms with Crippen molar-refractivity contribution in [2.24, 2.45) is 10.9 Å². The molecule has 1 unspecified atom stereocenters. The third kappa shape index (κ3) is 3.91. The molecule has 0 aromatic heterocycles. The molecule has 1 heterocycles. The normalized spacial score (nSPS) is 25.1. The summed E-state index contributed by atoms with van der Waals surface area (Å²) in [6.07, 6.45) is 0.636. The summed E-state index contributed by atoms with van der Waals surface area (Å²) in [4.78, 5) is 2.41. The number of hydrogen-bond donors (Lipinski definition) is 2. The Kier molecular flexibility index (Phi) is 4.28. The Hall–Kier alpha value is -0.420. The summed E-state index contributed by atoms with van der Waals surface area (Å²) < 4.78 is 0.317. The molecule has 5 heteroatoms. The highest BCUT2D eigenvalue weighted by molar-refractivity contribution is 8.00. The molecule has 1 aliphatic rings. The van der Waals surface area contributed by atoms with Crippen LogP contribution < -0.4 is 5.73 Å². The van der Waals surface area contributed by atoms with Gasteiger partial charge >= 0.3 is 0 Å². The number of rotatable bonds is 3. The van der Waals surface area contributed by atoms with Crippen LogP contribution in [0.2, 0.25) is 0 Å². The van der Waals surface area contributed by atoms with Gasteiger partial charge in [0.05, 0.1) is 0 Å². The highest BCUT2D eigenvalue weighted by Crippen LogP contribution is 2.30. The first-order valence-electron chi connectivity index (χ1n) is 5.29. The van der Waals surface area contributed by atoms with Gasteiger partial charge in [-0.15, -0.1) is 0 Å². The Bertz CT molecular complexity index is 243. The minimum absolute atomic E-state index is 0.317. The Morgan fingerprint density at radius 2 is 2.33 bits per heavy atom. The minimum atomic E-state index is 0.317. The van der Waals surface area contributed by atoms with Gasteiger partial charge in [0.2, 0.25) is 0 Å². The van der Waals surface area contributed by atoms with Crippen LogP contribution in [0.15, 0.2) is 5.16 Å². The summed E-state index contributed by atoms with van der Waals surface area (Å²) in [6, 6.07) is 0.348. The molecular formula is C10H21N3OS. The Labute approximate surface area is 95.9 Å². The summed E-state index contributed by atoms with van der Waals surface area (Å²) in [5.41, 5.74) is 5.52. The van der Waals surface area contributed by atoms with Gasteiger partial charge < -0.3 is 10.9 Å². The first kappa shape index (κ1) is 12.6. The van der Waals surface area contributed by atoms with Crippen molar-refractivity contribution in [1.82, 2.24) is 4.90 Å². The molecule has 0 aliphatic carbocycles. The van der Waals surface area contributed by atoms with Crippen molar-refractivity contribution in [3.63, 3.8) is 0 Å². The molecule has 1 fully saturated rings. The molecule has 3 N–H and O–H groups in total. The molecule has 0 aromatic carbocycles. The van der Waals surface area contributed by atoms with Gasteiger partial charge in [-0.3, -0.25) is 4.90 Å². The number of oxime groups is 1. The van der Waals surface area contributed by atoms with Gasteiger partial charge in [0.15, 0.2) is 0 Å². The van der Waals surface area contributed by atoms with E-state index in [1.165, 1.54) is 0 Å². The zero-order valence-electron chi connectivity index (χ0n) is 9.73. The van der Waals surface area contributed by atoms with Crippen molar-refractivity contribution in [3.8, 4) is 0 Å². The first-order chi connectivity index (χ1) is 6.94. The number of amidine groups is 1. The quantitative estimate of drug-likeness (QED) is 0.333. The number of nitrogens with two attached hydrogens (primary N) is 1. The predicted molar refractivity (Wildman–Crippen MR) is 65.6 cm³/mol. The average molecular weight is 231 g/mol. The zero-order valence-corrected chi connectivity index (χ0v) is 10.5. The fraction of sp³-hybridized carbons (Fsp3) is 0.900. The second-order valence-electron chi connectivity index (χ2n) is 4.72. The van der Waals surface area contributed by atoms with Crippen LogP contribution in [0, 0.1) is 0 Å². The first-order valence-corrected chi connectivity index (χ1v) is 6.27. The summed E-state index contributed by atoms with van der Waals surface area (Å²) in [6.45, 7) is 8.82. The second kappa shape index (κ2) is 5.07. The lowest BCUT2D eigenvalue weighted by atomic mass is 10.1. The third-order valence-corrected chi connectivity index (χ3v) is 4.01. The number of nitrogens with zero attached hydrogens (tertiary/aromatic N) is 2. The zero-order chi connectivity index (χ0) is 11.5. The van der Waals surface area contributed by atoms with Gasteiger partial charge in [-0.25, -0.2) is 0 Å². The molecular weight excluding hydrogens is 210 g/mol. The molecule has 0 saturated carbocycles. The molecule has 1 rings (SSSR count). The van der Waals surface area contributed by atoms with Crippen molar-refractivity contribution in [2.45, 2.75) is 38.0 Å². The Morgan fingerprint density at radius 1 is 1.67 bits per heavy atom. The maximum atomic E-state index is 8.53. The minimum Gasteiger partial charge on any atom is -0.409 e. The highest BCUT2D eigenvalue weighted by atomic mass is 32.2. The van der Waals surface area contributed by atoms with E-state index in [1.54, 1.807) is 0 Å². The molecule has 1 aliphatic heterocycles. The molecule has 4 nitrogen and oxygen atoms in total. The van der Waals surface area contributed by atoms with Crippen molar-refractivity contribution < 1.29 is 5.21 Å². The maximum absolute atomic E-state index is 8.53. The fourth-order valence-corrected chi connectivity index (χ4v) is 3.04. The van der Waals surface area contributed by atoms with Crippen molar-refractivity contribution in [3.05, 3.63) is 0 Å². The second-order valence-corrected chi connectivity index (χ2v) is 6.53. The van der Waals surface area contributed by atoms with Crippen LogP contribution in [-0.2, 0) is 0 Å². The van der Waals surface area contributed by atoms with Gasteiger partial charge in [-0.2, -0.15) is 11.8 Å². The summed E-state index contributed by atoms with van der Waals surface area (Å²) >= 11 is 2.01. The smallest absolute Gasteiger partial charge is 0.140 e. The van der Waals surface area contributed by atoms with Gasteiger partial charge in [0, 0.05) is 36.1 Å². The van der Waals surface area contributed by atoms with Crippen LogP contribution in [0.4, 0.5) is 0 Å². The Balaban J connectivity index is 2.49. The van der Waals surface area contributed by atoms with Crippen LogP contribution in [0.3, 0.4) is 0 Å². The van der Waals surface area contributed by atoms with E-state index in [4.69, 9.17) is 10.9 Å². The van der Waals surface area contributed by atoms with E-state index >= 15 is 0 Å². The molecule has 0 bridgehead atoms. The van der Waals surface area contributed by atoms with Crippen LogP contribution >= 0.6 is 11.8 Å². The molecule has 1 saturated heterocycles. The predicted octanol–water partition coefficient (Wildman–Crippen LogP) is 1.34. The van der Waals surface area contributed by atoms with Gasteiger partial charge in [0.25, 0.3) is 0 Å². The van der Waals surface area contributed by atoms with Gasteiger partial charge in [0.1, 0.15) is 5.84 Å². The summed E-state index contributed by atoms with van der Waals surface area (Å²) in [7, 11) is 0. The summed E-state index contributed by atoms with van der Waals surface area (Å²) in [5, 5.41) is 11.5. The largest absolute Gasteiger partial charge is 0.409 e. The third-order valence-electron chi connectivity index (χ3n) is 2.71. The van der Waals surface area contributed by atoms with E-state index in [1.807, 2.05) is 11.8 Å². The lowest BCUT2D eigenvalue weighted by Gasteiger charge is -2.40. The lowest BCUT2D eigenvalue weighted by Crippen LogP contribution is -2.48. The van der Waals surface area contributed by atoms with E-state index in [0.717, 1.165) is 18.8 Å². The van der Waals surface area contributed by atoms with E-state index < -0.39 is 0 Å². The van der Waals surface area contributed by atoms with E-state index in [0.29, 0.717) is 23.0 Å². The highest BCUT2D eigenvalue weighted by Gasteiger charge is 2.29. The van der Waals surface area contributed by atoms with Crippen LogP contribution in [0.25, 0.3) is 0 Å². The topological polar surface area (TPSA) is 61.9 Å². The fourth-order valence-electron chi connectivity index (χ4n) is 1.90. The Morgan fingerprint density at radius 3 is 2.87 bits per heavy atom. The van der Waals surface area contributed by atoms with E-state index in [9.17, 15) is 0 Å². The SMILES string of the molecule is CC(CC(N)=NO)N1CCSC(C)(C)C1. The number of hydrogen-bond acceptors (Lipinski definition) is 4. The van der Waals surface area contributed by atoms with Crippen molar-refractivity contribution in [2.75, 3.05) is 18.8 Å². The van der Waals surface area contributed by atoms with Crippen LogP contribution in [0.5, 0.6) is 0 Å². The van der Waals surface area contributed by atoms with Gasteiger partial charge in [-0.05, 0) is 20.8 Å². The van der Waals surface area contributed by atoms with Crippen LogP contribution in [-0.4, -0.2) is 45.6 Å². The van der Waals surface area contributed by atoms with Gasteiger partial charge in [-0.1, -0.05) is 5.16 Å². The molecule has 1 atom stereocenters. The lowest BCUT2D eigenvalue weighted by molar-refractivity contribution is 0.201. The van der Waals surface area contributed by atoms with Crippen LogP contribution in [0.1, 0.15) is 27.2 Å². The van der Waals surface area contributed by atoms with Crippen molar-refractivity contribution >= 4 is 17.6 Å². The number of thioether (sulfide) groups is 1. The average Bonchev–Trinajstić information content (AvgIpc) is 2.16. The molecule has 15 heavy (non-hydrogen) atoms. The monoisotopic (exact) mass is 231 g/mol. The molecule has 0 radical (unpaired) electrons. The molecule has 88 valence electrons. The van der Waals surface area contributed by atoms with E-state index in [2.05, 4.69) is 30.8 Å². The molecule has 0 spiro atoms. The summed E-state index contributed by atoms with van der Waals surface area (Å²) in [5.74, 6) is 1.48. The molecule has 0 amide bonds. The standard InChI is InChI=1S/C10H21N3OS/c1-8(6-9(11)12-14)13-4-5-15-10(2,3)7-13/h8,14H,4-7H2,1-3H3,(H2,11,12). The maximum Gasteiger partial charge on any atom is 0.140 e. The molecule has 0 aromatic rings.